The summed E-state index contributed by atoms with van der Waals surface area (Å²) in [4.78, 5) is 13.4. The van der Waals surface area contributed by atoms with Crippen LogP contribution >= 0.6 is 11.3 Å². The second-order valence-corrected chi connectivity index (χ2v) is 6.22. The van der Waals surface area contributed by atoms with Gasteiger partial charge >= 0.3 is 0 Å². The first-order valence-electron chi connectivity index (χ1n) is 6.26. The highest BCUT2D eigenvalue weighted by Gasteiger charge is 2.48. The second-order valence-electron chi connectivity index (χ2n) is 5.11. The predicted molar refractivity (Wildman–Crippen MR) is 70.4 cm³/mol. The maximum atomic E-state index is 12.1. The Morgan fingerprint density at radius 2 is 2.28 bits per heavy atom. The van der Waals surface area contributed by atoms with E-state index in [9.17, 15) is 10.1 Å². The summed E-state index contributed by atoms with van der Waals surface area (Å²) >= 11 is 1.56. The Morgan fingerprint density at radius 1 is 1.50 bits per heavy atom. The number of hydrogen-bond donors (Lipinski definition) is 2. The molecule has 1 amide bonds. The summed E-state index contributed by atoms with van der Waals surface area (Å²) in [6, 6.07) is 2.24. The highest BCUT2D eigenvalue weighted by molar-refractivity contribution is 7.16. The predicted octanol–water partition coefficient (Wildman–Crippen LogP) is 1.79. The lowest BCUT2D eigenvalue weighted by Crippen LogP contribution is -2.30. The van der Waals surface area contributed by atoms with Crippen LogP contribution in [0.5, 0.6) is 0 Å². The molecule has 18 heavy (non-hydrogen) atoms. The maximum Gasteiger partial charge on any atom is 0.232 e. The summed E-state index contributed by atoms with van der Waals surface area (Å²) in [7, 11) is 0. The number of aryl methyl sites for hydroxylation is 1. The molecule has 0 unspecified atom stereocenters. The molecule has 1 fully saturated rings. The van der Waals surface area contributed by atoms with Crippen molar-refractivity contribution in [2.75, 3.05) is 11.9 Å². The van der Waals surface area contributed by atoms with Crippen molar-refractivity contribution < 1.29 is 4.79 Å². The molecule has 1 aromatic rings. The summed E-state index contributed by atoms with van der Waals surface area (Å²) < 4.78 is 0. The number of nitriles is 1. The van der Waals surface area contributed by atoms with Crippen LogP contribution in [0.15, 0.2) is 0 Å². The van der Waals surface area contributed by atoms with Crippen molar-refractivity contribution in [2.24, 2.45) is 11.1 Å². The molecule has 1 heterocycles. The Balaban J connectivity index is 1.86. The summed E-state index contributed by atoms with van der Waals surface area (Å²) in [5.74, 6) is -0.0126. The van der Waals surface area contributed by atoms with Gasteiger partial charge in [-0.15, -0.1) is 11.3 Å². The average molecular weight is 261 g/mol. The third-order valence-electron chi connectivity index (χ3n) is 3.99. The Kier molecular flexibility index (Phi) is 2.65. The molecule has 0 bridgehead atoms. The van der Waals surface area contributed by atoms with Crippen molar-refractivity contribution >= 4 is 22.2 Å². The fourth-order valence-corrected chi connectivity index (χ4v) is 3.76. The van der Waals surface area contributed by atoms with Gasteiger partial charge in [0, 0.05) is 11.4 Å². The number of nitrogens with one attached hydrogen (secondary N) is 1. The number of anilines is 1. The first-order valence-corrected chi connectivity index (χ1v) is 7.08. The normalized spacial score (nSPS) is 19.1. The molecule has 0 aromatic carbocycles. The SMILES string of the molecule is N#Cc1c(NC(=O)C2(CN)CC2)sc2c1CCC2. The van der Waals surface area contributed by atoms with Gasteiger partial charge in [0.25, 0.3) is 0 Å². The van der Waals surface area contributed by atoms with Crippen LogP contribution in [-0.2, 0) is 17.6 Å². The van der Waals surface area contributed by atoms with Crippen LogP contribution in [-0.4, -0.2) is 12.5 Å². The lowest BCUT2D eigenvalue weighted by atomic mass is 10.1. The molecule has 0 aliphatic heterocycles. The molecular formula is C13H15N3OS. The monoisotopic (exact) mass is 261 g/mol. The number of rotatable bonds is 3. The Labute approximate surface area is 110 Å². The molecule has 1 aromatic heterocycles. The number of thiophene rings is 1. The van der Waals surface area contributed by atoms with Crippen molar-refractivity contribution in [1.29, 1.82) is 5.26 Å². The minimum Gasteiger partial charge on any atom is -0.329 e. The minimum atomic E-state index is -0.360. The molecular weight excluding hydrogens is 246 g/mol. The highest BCUT2D eigenvalue weighted by atomic mass is 32.1. The molecule has 3 rings (SSSR count). The van der Waals surface area contributed by atoms with Crippen LogP contribution in [0.25, 0.3) is 0 Å². The van der Waals surface area contributed by atoms with E-state index in [4.69, 9.17) is 5.73 Å². The highest BCUT2D eigenvalue weighted by Crippen LogP contribution is 2.46. The van der Waals surface area contributed by atoms with E-state index in [0.29, 0.717) is 12.1 Å². The second kappa shape index (κ2) is 4.08. The van der Waals surface area contributed by atoms with E-state index in [1.54, 1.807) is 11.3 Å². The lowest BCUT2D eigenvalue weighted by molar-refractivity contribution is -0.120. The zero-order valence-corrected chi connectivity index (χ0v) is 10.9. The number of nitrogens with two attached hydrogens (primary N) is 1. The molecule has 1 saturated carbocycles. The molecule has 0 atom stereocenters. The third kappa shape index (κ3) is 1.64. The molecule has 0 saturated heterocycles. The van der Waals surface area contributed by atoms with Crippen molar-refractivity contribution in [3.63, 3.8) is 0 Å². The summed E-state index contributed by atoms with van der Waals surface area (Å²) in [6.07, 6.45) is 4.85. The van der Waals surface area contributed by atoms with E-state index < -0.39 is 0 Å². The van der Waals surface area contributed by atoms with Gasteiger partial charge in [-0.2, -0.15) is 5.26 Å². The quantitative estimate of drug-likeness (QED) is 0.870. The van der Waals surface area contributed by atoms with Gasteiger partial charge in [0.2, 0.25) is 5.91 Å². The number of hydrogen-bond acceptors (Lipinski definition) is 4. The van der Waals surface area contributed by atoms with Gasteiger partial charge in [-0.1, -0.05) is 0 Å². The summed E-state index contributed by atoms with van der Waals surface area (Å²) in [5, 5.41) is 12.9. The fraction of sp³-hybridized carbons (Fsp3) is 0.538. The molecule has 94 valence electrons. The Morgan fingerprint density at radius 3 is 2.89 bits per heavy atom. The van der Waals surface area contributed by atoms with Gasteiger partial charge in [-0.05, 0) is 37.7 Å². The average Bonchev–Trinajstić information content (AvgIpc) is 2.94. The first-order chi connectivity index (χ1) is 8.70. The van der Waals surface area contributed by atoms with E-state index >= 15 is 0 Å². The Bertz CT molecular complexity index is 551. The van der Waals surface area contributed by atoms with Crippen LogP contribution in [0.1, 0.15) is 35.3 Å². The van der Waals surface area contributed by atoms with Gasteiger partial charge in [-0.3, -0.25) is 4.79 Å². The Hall–Kier alpha value is -1.38. The van der Waals surface area contributed by atoms with Crippen LogP contribution in [0.2, 0.25) is 0 Å². The van der Waals surface area contributed by atoms with Crippen LogP contribution in [0.4, 0.5) is 5.00 Å². The smallest absolute Gasteiger partial charge is 0.232 e. The minimum absolute atomic E-state index is 0.0126. The molecule has 0 spiro atoms. The van der Waals surface area contributed by atoms with E-state index in [-0.39, 0.29) is 11.3 Å². The van der Waals surface area contributed by atoms with Gasteiger partial charge in [0.05, 0.1) is 11.0 Å². The van der Waals surface area contributed by atoms with Crippen LogP contribution in [0.3, 0.4) is 0 Å². The van der Waals surface area contributed by atoms with E-state index in [1.807, 2.05) is 0 Å². The fourth-order valence-electron chi connectivity index (χ4n) is 2.52. The van der Waals surface area contributed by atoms with Crippen molar-refractivity contribution in [2.45, 2.75) is 32.1 Å². The van der Waals surface area contributed by atoms with E-state index in [0.717, 1.165) is 42.7 Å². The molecule has 5 heteroatoms. The molecule has 3 N–H and O–H groups in total. The van der Waals surface area contributed by atoms with Gasteiger partial charge < -0.3 is 11.1 Å². The van der Waals surface area contributed by atoms with Gasteiger partial charge in [0.1, 0.15) is 11.1 Å². The topological polar surface area (TPSA) is 78.9 Å². The largest absolute Gasteiger partial charge is 0.329 e. The maximum absolute atomic E-state index is 12.1. The van der Waals surface area contributed by atoms with Crippen molar-refractivity contribution in [3.05, 3.63) is 16.0 Å². The van der Waals surface area contributed by atoms with Crippen molar-refractivity contribution in [3.8, 4) is 6.07 Å². The summed E-state index contributed by atoms with van der Waals surface area (Å²) in [5.41, 5.74) is 7.11. The molecule has 2 aliphatic rings. The number of fused-ring (bicyclic) bond motifs is 1. The molecule has 4 nitrogen and oxygen atoms in total. The van der Waals surface area contributed by atoms with Crippen LogP contribution in [0, 0.1) is 16.7 Å². The van der Waals surface area contributed by atoms with Crippen molar-refractivity contribution in [1.82, 2.24) is 0 Å². The molecule has 0 radical (unpaired) electrons. The summed E-state index contributed by atoms with van der Waals surface area (Å²) in [6.45, 7) is 0.395. The first kappa shape index (κ1) is 11.7. The van der Waals surface area contributed by atoms with Gasteiger partial charge in [-0.25, -0.2) is 0 Å². The third-order valence-corrected chi connectivity index (χ3v) is 5.19. The number of carbonyl (C=O) groups excluding carboxylic acids is 1. The van der Waals surface area contributed by atoms with E-state index in [2.05, 4.69) is 11.4 Å². The lowest BCUT2D eigenvalue weighted by Gasteiger charge is -2.11. The number of carbonyl (C=O) groups is 1. The number of amides is 1. The van der Waals surface area contributed by atoms with Gasteiger partial charge in [0.15, 0.2) is 0 Å². The number of nitrogens with zero attached hydrogens (tertiary/aromatic N) is 1. The zero-order valence-electron chi connectivity index (χ0n) is 10.1. The zero-order chi connectivity index (χ0) is 12.8. The standard InChI is InChI=1S/C13H15N3OS/c14-6-9-8-2-1-3-10(8)18-11(9)16-12(17)13(7-15)4-5-13/h1-5,7,15H2,(H,16,17). The van der Waals surface area contributed by atoms with E-state index in [1.165, 1.54) is 4.88 Å². The van der Waals surface area contributed by atoms with Crippen LogP contribution < -0.4 is 11.1 Å². The molecule has 2 aliphatic carbocycles.